The van der Waals surface area contributed by atoms with Gasteiger partial charge >= 0.3 is 5.97 Å². The average molecular weight is 486 g/mol. The number of anilines is 1. The molecule has 2 aliphatic heterocycles. The molecule has 1 fully saturated rings. The lowest BCUT2D eigenvalue weighted by molar-refractivity contribution is -0.136. The van der Waals surface area contributed by atoms with Crippen molar-refractivity contribution in [2.75, 3.05) is 43.3 Å². The van der Waals surface area contributed by atoms with Crippen LogP contribution in [0.4, 0.5) is 5.69 Å². The first kappa shape index (κ1) is 24.2. The summed E-state index contributed by atoms with van der Waals surface area (Å²) < 4.78 is 30.8. The lowest BCUT2D eigenvalue weighted by atomic mass is 10.1. The number of carbonyl (C=O) groups is 2. The van der Waals surface area contributed by atoms with Crippen molar-refractivity contribution in [3.05, 3.63) is 64.7 Å². The van der Waals surface area contributed by atoms with Crippen LogP contribution in [0.3, 0.4) is 0 Å². The number of amides is 1. The fourth-order valence-corrected chi connectivity index (χ4v) is 6.02. The Morgan fingerprint density at radius 3 is 2.47 bits per heavy atom. The zero-order chi connectivity index (χ0) is 24.5. The van der Waals surface area contributed by atoms with E-state index in [0.29, 0.717) is 30.8 Å². The molecule has 0 aromatic heterocycles. The number of esters is 1. The zero-order valence-corrected chi connectivity index (χ0v) is 20.7. The number of rotatable bonds is 6. The van der Waals surface area contributed by atoms with Gasteiger partial charge in [0.25, 0.3) is 5.91 Å². The Kier molecular flexibility index (Phi) is 6.95. The van der Waals surface area contributed by atoms with Crippen LogP contribution in [0, 0.1) is 6.92 Å². The molecule has 0 aliphatic carbocycles. The van der Waals surface area contributed by atoms with E-state index in [1.54, 1.807) is 23.1 Å². The van der Waals surface area contributed by atoms with E-state index in [4.69, 9.17) is 4.74 Å². The third-order valence-electron chi connectivity index (χ3n) is 6.37. The van der Waals surface area contributed by atoms with Crippen LogP contribution >= 0.6 is 0 Å². The molecular formula is C25H31N3O5S. The highest BCUT2D eigenvalue weighted by Gasteiger charge is 2.33. The molecule has 0 bridgehead atoms. The van der Waals surface area contributed by atoms with Crippen molar-refractivity contribution in [1.82, 2.24) is 9.80 Å². The van der Waals surface area contributed by atoms with E-state index in [2.05, 4.69) is 36.1 Å². The highest BCUT2D eigenvalue weighted by Crippen LogP contribution is 2.34. The van der Waals surface area contributed by atoms with Crippen LogP contribution in [0.5, 0.6) is 0 Å². The van der Waals surface area contributed by atoms with Crippen LogP contribution in [-0.4, -0.2) is 75.2 Å². The van der Waals surface area contributed by atoms with E-state index in [1.807, 2.05) is 6.92 Å². The topological polar surface area (TPSA) is 87.2 Å². The number of piperazine rings is 1. The number of hydrogen-bond acceptors (Lipinski definition) is 6. The molecule has 4 rings (SSSR count). The minimum atomic E-state index is -3.39. The summed E-state index contributed by atoms with van der Waals surface area (Å²) >= 11 is 0. The molecule has 1 amide bonds. The van der Waals surface area contributed by atoms with Gasteiger partial charge in [0.1, 0.15) is 0 Å². The Labute approximate surface area is 201 Å². The van der Waals surface area contributed by atoms with Gasteiger partial charge in [-0.25, -0.2) is 13.2 Å². The van der Waals surface area contributed by atoms with E-state index in [9.17, 15) is 18.0 Å². The van der Waals surface area contributed by atoms with Crippen molar-refractivity contribution in [2.45, 2.75) is 32.9 Å². The first-order valence-corrected chi connectivity index (χ1v) is 13.3. The zero-order valence-electron chi connectivity index (χ0n) is 19.9. The first-order valence-electron chi connectivity index (χ1n) is 11.5. The van der Waals surface area contributed by atoms with Crippen LogP contribution in [0.25, 0.3) is 0 Å². The van der Waals surface area contributed by atoms with Gasteiger partial charge in [0.05, 0.1) is 17.5 Å². The van der Waals surface area contributed by atoms with Crippen molar-refractivity contribution >= 4 is 27.6 Å². The second-order valence-corrected chi connectivity index (χ2v) is 11.0. The fraction of sp³-hybridized carbons (Fsp3) is 0.440. The van der Waals surface area contributed by atoms with Crippen LogP contribution in [0.1, 0.15) is 34.0 Å². The quantitative estimate of drug-likeness (QED) is 0.583. The maximum Gasteiger partial charge on any atom is 0.338 e. The van der Waals surface area contributed by atoms with E-state index >= 15 is 0 Å². The number of nitrogens with zero attached hydrogens (tertiary/aromatic N) is 3. The van der Waals surface area contributed by atoms with E-state index < -0.39 is 16.0 Å². The van der Waals surface area contributed by atoms with Crippen molar-refractivity contribution in [1.29, 1.82) is 0 Å². The van der Waals surface area contributed by atoms with Gasteiger partial charge in [0.2, 0.25) is 10.0 Å². The maximum atomic E-state index is 12.6. The Morgan fingerprint density at radius 1 is 1.06 bits per heavy atom. The predicted octanol–water partition coefficient (Wildman–Crippen LogP) is 2.21. The van der Waals surface area contributed by atoms with Gasteiger partial charge in [0.15, 0.2) is 6.61 Å². The van der Waals surface area contributed by atoms with Gasteiger partial charge < -0.3 is 9.64 Å². The van der Waals surface area contributed by atoms with Crippen LogP contribution < -0.4 is 4.31 Å². The molecule has 1 saturated heterocycles. The average Bonchev–Trinajstić information content (AvgIpc) is 3.13. The molecule has 1 unspecified atom stereocenters. The summed E-state index contributed by atoms with van der Waals surface area (Å²) in [7, 11) is -3.39. The number of fused-ring (bicyclic) bond motifs is 1. The summed E-state index contributed by atoms with van der Waals surface area (Å²) in [6.07, 6.45) is 1.70. The number of ether oxygens (including phenoxy) is 1. The minimum absolute atomic E-state index is 0.206. The van der Waals surface area contributed by atoms with E-state index in [-0.39, 0.29) is 18.6 Å². The maximum absolute atomic E-state index is 12.6. The number of aryl methyl sites for hydroxylation is 1. The van der Waals surface area contributed by atoms with Gasteiger partial charge in [0, 0.05) is 38.8 Å². The SMILES string of the molecule is Cc1cccc(CN2CCN(C(=O)COC(=O)c3ccc4c(c3)CC(C)N4S(C)(=O)=O)CC2)c1. The largest absolute Gasteiger partial charge is 0.452 e. The number of carbonyl (C=O) groups excluding carboxylic acids is 2. The summed E-state index contributed by atoms with van der Waals surface area (Å²) in [6, 6.07) is 13.1. The van der Waals surface area contributed by atoms with Crippen LogP contribution in [-0.2, 0) is 32.5 Å². The fourth-order valence-electron chi connectivity index (χ4n) is 4.76. The molecule has 182 valence electrons. The van der Waals surface area contributed by atoms with E-state index in [1.165, 1.54) is 21.7 Å². The highest BCUT2D eigenvalue weighted by molar-refractivity contribution is 7.92. The summed E-state index contributed by atoms with van der Waals surface area (Å²) in [5.74, 6) is -0.790. The Morgan fingerprint density at radius 2 is 1.79 bits per heavy atom. The lowest BCUT2D eigenvalue weighted by Gasteiger charge is -2.34. The summed E-state index contributed by atoms with van der Waals surface area (Å²) in [6.45, 7) is 7.20. The van der Waals surface area contributed by atoms with Crippen LogP contribution in [0.15, 0.2) is 42.5 Å². The normalized spacial score (nSPS) is 18.6. The Bertz CT molecular complexity index is 1190. The molecular weight excluding hydrogens is 454 g/mol. The van der Waals surface area contributed by atoms with Crippen molar-refractivity contribution in [3.8, 4) is 0 Å². The van der Waals surface area contributed by atoms with E-state index in [0.717, 1.165) is 25.2 Å². The lowest BCUT2D eigenvalue weighted by Crippen LogP contribution is -2.49. The molecule has 1 atom stereocenters. The van der Waals surface area contributed by atoms with Gasteiger partial charge in [-0.15, -0.1) is 0 Å². The standard InChI is InChI=1S/C25H31N3O5S/c1-18-5-4-6-20(13-18)16-26-9-11-27(12-10-26)24(29)17-33-25(30)21-7-8-23-22(15-21)14-19(2)28(23)34(3,31)32/h4-8,13,15,19H,9-12,14,16-17H2,1-3H3. The van der Waals surface area contributed by atoms with Crippen molar-refractivity contribution in [2.24, 2.45) is 0 Å². The monoisotopic (exact) mass is 485 g/mol. The minimum Gasteiger partial charge on any atom is -0.452 e. The molecule has 2 aliphatic rings. The highest BCUT2D eigenvalue weighted by atomic mass is 32.2. The Hall–Kier alpha value is -2.91. The molecule has 2 heterocycles. The molecule has 0 N–H and O–H groups in total. The molecule has 34 heavy (non-hydrogen) atoms. The smallest absolute Gasteiger partial charge is 0.338 e. The third kappa shape index (κ3) is 5.42. The number of benzene rings is 2. The number of hydrogen-bond donors (Lipinski definition) is 0. The second-order valence-electron chi connectivity index (χ2n) is 9.18. The van der Waals surface area contributed by atoms with Crippen molar-refractivity contribution < 1.29 is 22.7 Å². The number of sulfonamides is 1. The van der Waals surface area contributed by atoms with Gasteiger partial charge in [-0.2, -0.15) is 0 Å². The van der Waals surface area contributed by atoms with Crippen molar-refractivity contribution in [3.63, 3.8) is 0 Å². The molecule has 0 radical (unpaired) electrons. The molecule has 2 aromatic rings. The molecule has 0 spiro atoms. The molecule has 2 aromatic carbocycles. The second kappa shape index (κ2) is 9.76. The third-order valence-corrected chi connectivity index (χ3v) is 7.64. The van der Waals surface area contributed by atoms with Crippen LogP contribution in [0.2, 0.25) is 0 Å². The summed E-state index contributed by atoms with van der Waals surface area (Å²) in [5, 5.41) is 0. The summed E-state index contributed by atoms with van der Waals surface area (Å²) in [4.78, 5) is 29.2. The Balaban J connectivity index is 1.28. The molecule has 0 saturated carbocycles. The van der Waals surface area contributed by atoms with Gasteiger partial charge in [-0.05, 0) is 49.6 Å². The molecule has 8 nitrogen and oxygen atoms in total. The summed E-state index contributed by atoms with van der Waals surface area (Å²) in [5.41, 5.74) is 4.18. The molecule has 9 heteroatoms. The predicted molar refractivity (Wildman–Crippen MR) is 130 cm³/mol. The van der Waals surface area contributed by atoms with Gasteiger partial charge in [-0.3, -0.25) is 14.0 Å². The first-order chi connectivity index (χ1) is 16.1. The van der Waals surface area contributed by atoms with Gasteiger partial charge in [-0.1, -0.05) is 29.8 Å².